The van der Waals surface area contributed by atoms with E-state index in [0.29, 0.717) is 16.2 Å². The zero-order chi connectivity index (χ0) is 10.1. The zero-order valence-electron chi connectivity index (χ0n) is 7.27. The summed E-state index contributed by atoms with van der Waals surface area (Å²) in [7, 11) is 0. The number of carbonyl (C=O) groups is 1. The number of imidazole rings is 1. The topological polar surface area (TPSA) is 83.6 Å². The van der Waals surface area contributed by atoms with Gasteiger partial charge >= 0.3 is 0 Å². The van der Waals surface area contributed by atoms with Crippen LogP contribution in [0.15, 0.2) is 11.4 Å². The Kier molecular flexibility index (Phi) is 2.08. The van der Waals surface area contributed by atoms with Gasteiger partial charge < -0.3 is 4.98 Å². The lowest BCUT2D eigenvalue weighted by Gasteiger charge is -2.00. The third-order valence-corrected chi connectivity index (χ3v) is 1.86. The van der Waals surface area contributed by atoms with Crippen LogP contribution in [0.3, 0.4) is 0 Å². The molecule has 0 saturated heterocycles. The van der Waals surface area contributed by atoms with Crippen molar-refractivity contribution in [2.24, 2.45) is 0 Å². The van der Waals surface area contributed by atoms with Crippen molar-refractivity contribution in [2.75, 3.05) is 5.32 Å². The molecular weight excluding hydrogens is 202 g/mol. The van der Waals surface area contributed by atoms with Crippen LogP contribution in [0, 0.1) is 0 Å². The highest BCUT2D eigenvalue weighted by atomic mass is 32.1. The highest BCUT2D eigenvalue weighted by Gasteiger charge is 2.07. The predicted molar refractivity (Wildman–Crippen MR) is 53.2 cm³/mol. The van der Waals surface area contributed by atoms with Crippen molar-refractivity contribution in [2.45, 2.75) is 11.9 Å². The smallest absolute Gasteiger partial charge is 0.232 e. The zero-order valence-corrected chi connectivity index (χ0v) is 8.17. The van der Waals surface area contributed by atoms with Crippen LogP contribution in [0.2, 0.25) is 0 Å². The fourth-order valence-corrected chi connectivity index (χ4v) is 1.29. The number of thiol groups is 1. The minimum absolute atomic E-state index is 0.222. The van der Waals surface area contributed by atoms with E-state index < -0.39 is 0 Å². The fraction of sp³-hybridized carbons (Fsp3) is 0.143. The number of hydrogen-bond acceptors (Lipinski definition) is 5. The lowest BCUT2D eigenvalue weighted by molar-refractivity contribution is -0.114. The Morgan fingerprint density at radius 1 is 1.57 bits per heavy atom. The number of amides is 1. The van der Waals surface area contributed by atoms with Crippen molar-refractivity contribution in [3.8, 4) is 0 Å². The van der Waals surface area contributed by atoms with E-state index in [-0.39, 0.29) is 11.9 Å². The van der Waals surface area contributed by atoms with Gasteiger partial charge in [0, 0.05) is 6.92 Å². The summed E-state index contributed by atoms with van der Waals surface area (Å²) >= 11 is 4.12. The van der Waals surface area contributed by atoms with Gasteiger partial charge in [0.25, 0.3) is 0 Å². The lowest BCUT2D eigenvalue weighted by Crippen LogP contribution is -2.09. The molecule has 6 nitrogen and oxygen atoms in total. The number of nitrogens with zero attached hydrogens (tertiary/aromatic N) is 3. The van der Waals surface area contributed by atoms with Gasteiger partial charge in [-0.1, -0.05) is 0 Å². The molecule has 2 heterocycles. The van der Waals surface area contributed by atoms with Crippen molar-refractivity contribution in [1.29, 1.82) is 0 Å². The summed E-state index contributed by atoms with van der Waals surface area (Å²) in [6.07, 6.45) is 1.50. The van der Waals surface area contributed by atoms with Crippen LogP contribution in [0.25, 0.3) is 11.2 Å². The summed E-state index contributed by atoms with van der Waals surface area (Å²) in [6.45, 7) is 1.39. The molecule has 0 aliphatic rings. The van der Waals surface area contributed by atoms with Gasteiger partial charge in [-0.05, 0) is 0 Å². The predicted octanol–water partition coefficient (Wildman–Crippen LogP) is 0.600. The summed E-state index contributed by atoms with van der Waals surface area (Å²) in [4.78, 5) is 25.5. The number of H-pyrrole nitrogens is 1. The molecule has 0 fully saturated rings. The van der Waals surface area contributed by atoms with Crippen molar-refractivity contribution < 1.29 is 4.79 Å². The van der Waals surface area contributed by atoms with E-state index in [2.05, 4.69) is 37.9 Å². The standard InChI is InChI=1S/C7H7N5OS/c1-3(13)10-7-11-5-4(6(14)12-7)8-2-9-5/h2H,1H3,(H3,8,9,10,11,12,13,14). The molecule has 1 amide bonds. The van der Waals surface area contributed by atoms with Crippen LogP contribution >= 0.6 is 12.6 Å². The molecule has 2 aromatic rings. The molecule has 0 saturated carbocycles. The molecule has 0 radical (unpaired) electrons. The third kappa shape index (κ3) is 1.53. The molecule has 0 aliphatic heterocycles. The molecule has 0 spiro atoms. The summed E-state index contributed by atoms with van der Waals surface area (Å²) in [5.41, 5.74) is 1.14. The number of aromatic nitrogens is 4. The quantitative estimate of drug-likeness (QED) is 0.474. The van der Waals surface area contributed by atoms with Crippen LogP contribution in [0.5, 0.6) is 0 Å². The first-order chi connectivity index (χ1) is 6.66. The molecular formula is C7H7N5OS. The molecule has 2 aromatic heterocycles. The lowest BCUT2D eigenvalue weighted by atomic mass is 10.5. The van der Waals surface area contributed by atoms with Crippen molar-refractivity contribution in [1.82, 2.24) is 19.9 Å². The summed E-state index contributed by atoms with van der Waals surface area (Å²) in [6, 6.07) is 0. The average Bonchev–Trinajstić information content (AvgIpc) is 2.50. The molecule has 2 rings (SSSR count). The maximum atomic E-state index is 10.8. The van der Waals surface area contributed by atoms with Crippen molar-refractivity contribution in [3.05, 3.63) is 6.33 Å². The van der Waals surface area contributed by atoms with Crippen LogP contribution < -0.4 is 5.32 Å². The SMILES string of the molecule is CC(=O)Nc1nc(S)c2nc[nH]c2n1. The largest absolute Gasteiger partial charge is 0.329 e. The monoisotopic (exact) mass is 209 g/mol. The van der Waals surface area contributed by atoms with Gasteiger partial charge in [0.05, 0.1) is 6.33 Å². The van der Waals surface area contributed by atoms with Gasteiger partial charge in [-0.15, -0.1) is 12.6 Å². The van der Waals surface area contributed by atoms with Gasteiger partial charge in [-0.3, -0.25) is 10.1 Å². The number of hydrogen-bond donors (Lipinski definition) is 3. The maximum Gasteiger partial charge on any atom is 0.232 e. The maximum absolute atomic E-state index is 10.8. The van der Waals surface area contributed by atoms with E-state index in [1.54, 1.807) is 0 Å². The van der Waals surface area contributed by atoms with Gasteiger partial charge in [-0.25, -0.2) is 9.97 Å². The summed E-state index contributed by atoms with van der Waals surface area (Å²) in [5.74, 6) is -0.00384. The number of aromatic amines is 1. The molecule has 14 heavy (non-hydrogen) atoms. The van der Waals surface area contributed by atoms with Crippen molar-refractivity contribution >= 4 is 35.6 Å². The second kappa shape index (κ2) is 3.26. The Labute approximate surface area is 84.6 Å². The Hall–Kier alpha value is -1.63. The molecule has 0 bridgehead atoms. The van der Waals surface area contributed by atoms with E-state index in [9.17, 15) is 4.79 Å². The summed E-state index contributed by atoms with van der Waals surface area (Å²) in [5, 5.41) is 2.90. The van der Waals surface area contributed by atoms with Gasteiger partial charge in [0.2, 0.25) is 11.9 Å². The van der Waals surface area contributed by atoms with Crippen LogP contribution in [0.4, 0.5) is 5.95 Å². The Balaban J connectivity index is 2.53. The van der Waals surface area contributed by atoms with E-state index in [0.717, 1.165) is 0 Å². The second-order valence-electron chi connectivity index (χ2n) is 2.65. The third-order valence-electron chi connectivity index (χ3n) is 1.55. The Morgan fingerprint density at radius 3 is 3.07 bits per heavy atom. The Bertz CT molecular complexity index is 494. The fourth-order valence-electron chi connectivity index (χ4n) is 1.03. The minimum atomic E-state index is -0.225. The normalized spacial score (nSPS) is 10.4. The van der Waals surface area contributed by atoms with E-state index >= 15 is 0 Å². The first-order valence-corrected chi connectivity index (χ1v) is 4.29. The van der Waals surface area contributed by atoms with Gasteiger partial charge in [0.15, 0.2) is 5.65 Å². The van der Waals surface area contributed by atoms with Crippen LogP contribution in [-0.2, 0) is 4.79 Å². The minimum Gasteiger partial charge on any atom is -0.329 e. The molecule has 7 heteroatoms. The number of nitrogens with one attached hydrogen (secondary N) is 2. The van der Waals surface area contributed by atoms with Gasteiger partial charge in [0.1, 0.15) is 10.5 Å². The van der Waals surface area contributed by atoms with Crippen molar-refractivity contribution in [3.63, 3.8) is 0 Å². The highest BCUT2D eigenvalue weighted by molar-refractivity contribution is 7.80. The summed E-state index contributed by atoms with van der Waals surface area (Å²) < 4.78 is 0. The van der Waals surface area contributed by atoms with E-state index in [1.165, 1.54) is 13.3 Å². The molecule has 0 atom stereocenters. The Morgan fingerprint density at radius 2 is 2.36 bits per heavy atom. The highest BCUT2D eigenvalue weighted by Crippen LogP contribution is 2.16. The van der Waals surface area contributed by atoms with Gasteiger partial charge in [-0.2, -0.15) is 4.98 Å². The number of fused-ring (bicyclic) bond motifs is 1. The van der Waals surface area contributed by atoms with E-state index in [4.69, 9.17) is 0 Å². The number of anilines is 1. The average molecular weight is 209 g/mol. The number of carbonyl (C=O) groups excluding carboxylic acids is 1. The second-order valence-corrected chi connectivity index (χ2v) is 3.08. The molecule has 0 unspecified atom stereocenters. The molecule has 2 N–H and O–H groups in total. The molecule has 72 valence electrons. The molecule has 0 aliphatic carbocycles. The van der Waals surface area contributed by atoms with Crippen LogP contribution in [0.1, 0.15) is 6.92 Å². The first kappa shape index (κ1) is 8.95. The molecule has 0 aromatic carbocycles. The number of rotatable bonds is 1. The van der Waals surface area contributed by atoms with E-state index in [1.807, 2.05) is 0 Å². The first-order valence-electron chi connectivity index (χ1n) is 3.84. The van der Waals surface area contributed by atoms with Crippen LogP contribution in [-0.4, -0.2) is 25.8 Å².